The van der Waals surface area contributed by atoms with E-state index in [4.69, 9.17) is 0 Å². The molecule has 1 atom stereocenters. The van der Waals surface area contributed by atoms with Gasteiger partial charge in [-0.25, -0.2) is 0 Å². The van der Waals surface area contributed by atoms with Crippen LogP contribution in [-0.4, -0.2) is 9.25 Å². The van der Waals surface area contributed by atoms with Gasteiger partial charge in [0.15, 0.2) is 0 Å². The average molecular weight is 249 g/mol. The van der Waals surface area contributed by atoms with Gasteiger partial charge in [-0.2, -0.15) is 0 Å². The van der Waals surface area contributed by atoms with Crippen molar-refractivity contribution in [3.05, 3.63) is 0 Å². The maximum Gasteiger partial charge on any atom is 0.0207 e. The molecule has 2 heteroatoms. The number of hydrogen-bond donors (Lipinski definition) is 0. The van der Waals surface area contributed by atoms with Crippen molar-refractivity contribution in [2.75, 3.05) is 4.43 Å². The molecule has 5 heavy (non-hydrogen) atoms. The summed E-state index contributed by atoms with van der Waals surface area (Å²) < 4.78 is 1.19. The van der Waals surface area contributed by atoms with Gasteiger partial charge < -0.3 is 0 Å². The topological polar surface area (TPSA) is 0 Å². The summed E-state index contributed by atoms with van der Waals surface area (Å²) in [6, 6.07) is 0. The SMILES string of the molecule is CC(Br)CI. The van der Waals surface area contributed by atoms with Gasteiger partial charge in [-0.3, -0.25) is 0 Å². The van der Waals surface area contributed by atoms with Crippen LogP contribution in [0.4, 0.5) is 0 Å². The van der Waals surface area contributed by atoms with Gasteiger partial charge in [0.05, 0.1) is 0 Å². The van der Waals surface area contributed by atoms with E-state index < -0.39 is 0 Å². The van der Waals surface area contributed by atoms with E-state index in [-0.39, 0.29) is 0 Å². The molecule has 0 aromatic rings. The van der Waals surface area contributed by atoms with Crippen LogP contribution in [0.5, 0.6) is 0 Å². The minimum absolute atomic E-state index is 0.683. The van der Waals surface area contributed by atoms with E-state index >= 15 is 0 Å². The molecule has 0 aliphatic carbocycles. The third kappa shape index (κ3) is 5.21. The summed E-state index contributed by atoms with van der Waals surface area (Å²) in [5.41, 5.74) is 0. The van der Waals surface area contributed by atoms with Gasteiger partial charge >= 0.3 is 0 Å². The second kappa shape index (κ2) is 3.40. The standard InChI is InChI=1S/C3H6BrI/c1-3(4)2-5/h3H,2H2,1H3. The van der Waals surface area contributed by atoms with Crippen molar-refractivity contribution < 1.29 is 0 Å². The van der Waals surface area contributed by atoms with E-state index in [0.717, 1.165) is 0 Å². The first kappa shape index (κ1) is 6.21. The zero-order valence-electron chi connectivity index (χ0n) is 3.04. The summed E-state index contributed by atoms with van der Waals surface area (Å²) in [6.07, 6.45) is 0. The first-order valence-corrected chi connectivity index (χ1v) is 3.91. The van der Waals surface area contributed by atoms with Crippen LogP contribution in [0.2, 0.25) is 0 Å². The van der Waals surface area contributed by atoms with Crippen LogP contribution >= 0.6 is 38.5 Å². The summed E-state index contributed by atoms with van der Waals surface area (Å²) in [7, 11) is 0. The molecule has 1 unspecified atom stereocenters. The number of alkyl halides is 2. The van der Waals surface area contributed by atoms with Gasteiger partial charge in [0.1, 0.15) is 0 Å². The Balaban J connectivity index is 2.54. The molecule has 32 valence electrons. The average Bonchev–Trinajstić information content (AvgIpc) is 1.38. The van der Waals surface area contributed by atoms with Crippen molar-refractivity contribution >= 4 is 38.5 Å². The van der Waals surface area contributed by atoms with E-state index in [9.17, 15) is 0 Å². The molecule has 0 spiro atoms. The second-order valence-electron chi connectivity index (χ2n) is 0.935. The molecular weight excluding hydrogens is 243 g/mol. The predicted molar refractivity (Wildman–Crippen MR) is 37.3 cm³/mol. The van der Waals surface area contributed by atoms with E-state index in [1.54, 1.807) is 0 Å². The maximum atomic E-state index is 3.37. The smallest absolute Gasteiger partial charge is 0.0207 e. The fourth-order valence-electron chi connectivity index (χ4n) is 0. The fraction of sp³-hybridized carbons (Fsp3) is 1.00. The van der Waals surface area contributed by atoms with E-state index in [2.05, 4.69) is 45.4 Å². The van der Waals surface area contributed by atoms with E-state index in [0.29, 0.717) is 4.83 Å². The Kier molecular flexibility index (Phi) is 4.23. The van der Waals surface area contributed by atoms with Crippen LogP contribution in [0, 0.1) is 0 Å². The highest BCUT2D eigenvalue weighted by molar-refractivity contribution is 14.1. The van der Waals surface area contributed by atoms with Crippen LogP contribution < -0.4 is 0 Å². The van der Waals surface area contributed by atoms with E-state index in [1.807, 2.05) is 0 Å². The van der Waals surface area contributed by atoms with Crippen LogP contribution in [0.15, 0.2) is 0 Å². The zero-order valence-corrected chi connectivity index (χ0v) is 6.78. The molecule has 0 saturated carbocycles. The highest BCUT2D eigenvalue weighted by atomic mass is 127. The monoisotopic (exact) mass is 248 g/mol. The second-order valence-corrected chi connectivity index (χ2v) is 3.38. The van der Waals surface area contributed by atoms with Crippen molar-refractivity contribution in [1.29, 1.82) is 0 Å². The molecule has 0 rings (SSSR count). The third-order valence-corrected chi connectivity index (χ3v) is 3.07. The molecule has 0 saturated heterocycles. The lowest BCUT2D eigenvalue weighted by atomic mass is 10.6. The summed E-state index contributed by atoms with van der Waals surface area (Å²) in [5.74, 6) is 0. The Labute approximate surface area is 54.6 Å². The largest absolute Gasteiger partial charge is 0.0885 e. The molecule has 0 N–H and O–H groups in total. The van der Waals surface area contributed by atoms with Crippen LogP contribution in [0.25, 0.3) is 0 Å². The Morgan fingerprint density at radius 3 is 2.20 bits per heavy atom. The van der Waals surface area contributed by atoms with Crippen molar-refractivity contribution in [1.82, 2.24) is 0 Å². The minimum Gasteiger partial charge on any atom is -0.0885 e. The number of halogens is 2. The van der Waals surface area contributed by atoms with Crippen molar-refractivity contribution in [2.45, 2.75) is 11.8 Å². The highest BCUT2D eigenvalue weighted by Gasteiger charge is 1.84. The lowest BCUT2D eigenvalue weighted by Gasteiger charge is -1.86. The summed E-state index contributed by atoms with van der Waals surface area (Å²) in [5, 5.41) is 0. The minimum atomic E-state index is 0.683. The molecule has 0 aliphatic heterocycles. The number of hydrogen-bond acceptors (Lipinski definition) is 0. The summed E-state index contributed by atoms with van der Waals surface area (Å²) in [6.45, 7) is 2.13. The highest BCUT2D eigenvalue weighted by Crippen LogP contribution is 1.99. The van der Waals surface area contributed by atoms with Crippen LogP contribution in [0.1, 0.15) is 6.92 Å². The Morgan fingerprint density at radius 1 is 2.00 bits per heavy atom. The first-order chi connectivity index (χ1) is 2.27. The molecule has 0 amide bonds. The van der Waals surface area contributed by atoms with Crippen molar-refractivity contribution in [2.24, 2.45) is 0 Å². The summed E-state index contributed by atoms with van der Waals surface area (Å²) in [4.78, 5) is 0.683. The first-order valence-electron chi connectivity index (χ1n) is 1.47. The molecule has 0 aliphatic rings. The van der Waals surface area contributed by atoms with Gasteiger partial charge in [0, 0.05) is 9.25 Å². The molecule has 0 aromatic carbocycles. The molecule has 0 nitrogen and oxygen atoms in total. The third-order valence-electron chi connectivity index (χ3n) is 0.213. The molecule has 0 aromatic heterocycles. The predicted octanol–water partition coefficient (Wildman–Crippen LogP) is 2.20. The Morgan fingerprint density at radius 2 is 2.20 bits per heavy atom. The lowest BCUT2D eigenvalue weighted by molar-refractivity contribution is 1.18. The van der Waals surface area contributed by atoms with Gasteiger partial charge in [0.2, 0.25) is 0 Å². The van der Waals surface area contributed by atoms with Gasteiger partial charge in [-0.1, -0.05) is 45.4 Å². The van der Waals surface area contributed by atoms with Crippen LogP contribution in [0.3, 0.4) is 0 Å². The van der Waals surface area contributed by atoms with E-state index in [1.165, 1.54) is 4.43 Å². The molecule has 0 fully saturated rings. The van der Waals surface area contributed by atoms with Gasteiger partial charge in [0.25, 0.3) is 0 Å². The molecule has 0 heterocycles. The fourth-order valence-corrected chi connectivity index (χ4v) is 0. The summed E-state index contributed by atoms with van der Waals surface area (Å²) >= 11 is 5.70. The normalized spacial score (nSPS) is 15.0. The number of rotatable bonds is 1. The Hall–Kier alpha value is 1.21. The molecule has 0 radical (unpaired) electrons. The van der Waals surface area contributed by atoms with Crippen molar-refractivity contribution in [3.63, 3.8) is 0 Å². The van der Waals surface area contributed by atoms with Crippen molar-refractivity contribution in [3.8, 4) is 0 Å². The molecular formula is C3H6BrI. The zero-order chi connectivity index (χ0) is 4.28. The molecule has 0 bridgehead atoms. The Bertz CT molecular complexity index is 20.9. The van der Waals surface area contributed by atoms with Crippen LogP contribution in [-0.2, 0) is 0 Å². The quantitative estimate of drug-likeness (QED) is 0.493. The van der Waals surface area contributed by atoms with Gasteiger partial charge in [-0.05, 0) is 0 Å². The maximum absolute atomic E-state index is 3.37. The van der Waals surface area contributed by atoms with Gasteiger partial charge in [-0.15, -0.1) is 0 Å². The lowest BCUT2D eigenvalue weighted by Crippen LogP contribution is -1.85.